The fraction of sp³-hybridized carbons (Fsp3) is 0.510. The van der Waals surface area contributed by atoms with E-state index in [4.69, 9.17) is 24.2 Å². The predicted molar refractivity (Wildman–Crippen MR) is 277 cm³/mol. The zero-order chi connectivity index (χ0) is 47.8. The number of ketones is 1. The van der Waals surface area contributed by atoms with Crippen LogP contribution < -0.4 is 16.0 Å². The SMILES string of the molecule is COCCCCCC(=O)Cc1sc2c(c1-c1nc3ccccc3s1)CC(C)NC2C.COCCNCCC(=O)Nc1sc2c(c1-c1nc3ccccc3s1)CC(C)N(C(=O)OC(C)(C)C)C2C. The first-order valence-electron chi connectivity index (χ1n) is 23.4. The number of benzene rings is 2. The lowest BCUT2D eigenvalue weighted by atomic mass is 9.93. The highest BCUT2D eigenvalue weighted by Gasteiger charge is 2.40. The van der Waals surface area contributed by atoms with Crippen molar-refractivity contribution in [2.24, 2.45) is 0 Å². The number of carbonyl (C=O) groups is 3. The second-order valence-corrected chi connectivity index (χ2v) is 22.8. The molecule has 2 aliphatic heterocycles. The topological polar surface area (TPSA) is 144 Å². The summed E-state index contributed by atoms with van der Waals surface area (Å²) in [5, 5.41) is 12.8. The standard InChI is InChI=1S/C27H36N4O4S2.C24H30N2O2S2/c1-16-15-18-22(24-29-19-9-7-8-10-20(19)36-24)25(30-21(32)11-12-28-13-14-34-6)37-23(18)17(2)31(16)26(33)35-27(3,4)5;1-15-13-18-22(24-26-19-10-6-7-11-20(19)30-24)21(29-23(18)16(2)25-15)14-17(27)9-5-4-8-12-28-3/h7-10,16-17,28H,11-15H2,1-6H3,(H,30,32);6-7,10-11,15-16,25H,4-5,8-9,12-14H2,1-3H3. The zero-order valence-corrected chi connectivity index (χ0v) is 43.6. The van der Waals surface area contributed by atoms with E-state index in [1.807, 2.05) is 75.1 Å². The van der Waals surface area contributed by atoms with Crippen molar-refractivity contribution < 1.29 is 28.6 Å². The van der Waals surface area contributed by atoms with Crippen LogP contribution in [-0.4, -0.2) is 90.9 Å². The van der Waals surface area contributed by atoms with Crippen LogP contribution in [0.3, 0.4) is 0 Å². The fourth-order valence-corrected chi connectivity index (χ4v) is 13.8. The Morgan fingerprint density at radius 3 is 2.04 bits per heavy atom. The number of nitrogens with zero attached hydrogens (tertiary/aromatic N) is 3. The number of para-hydroxylation sites is 2. The summed E-state index contributed by atoms with van der Waals surface area (Å²) in [6.07, 6.45) is 5.87. The molecule has 6 aromatic rings. The van der Waals surface area contributed by atoms with Crippen molar-refractivity contribution in [3.05, 3.63) is 74.3 Å². The highest BCUT2D eigenvalue weighted by molar-refractivity contribution is 7.23. The van der Waals surface area contributed by atoms with Gasteiger partial charge >= 0.3 is 6.09 Å². The summed E-state index contributed by atoms with van der Waals surface area (Å²) < 4.78 is 18.2. The molecular formula is C51H66N6O6S4. The molecule has 16 heteroatoms. The fourth-order valence-electron chi connectivity index (χ4n) is 8.88. The molecule has 0 saturated heterocycles. The lowest BCUT2D eigenvalue weighted by molar-refractivity contribution is -0.118. The number of hydrogen-bond acceptors (Lipinski definition) is 14. The number of anilines is 1. The van der Waals surface area contributed by atoms with Gasteiger partial charge in [0, 0.05) is 97.1 Å². The predicted octanol–water partition coefficient (Wildman–Crippen LogP) is 11.8. The number of Topliss-reactive ketones (excluding diaryl/α,β-unsaturated/α-hetero) is 1. The first kappa shape index (κ1) is 50.7. The van der Waals surface area contributed by atoms with Gasteiger partial charge in [0.15, 0.2) is 0 Å². The van der Waals surface area contributed by atoms with Gasteiger partial charge in [-0.15, -0.1) is 45.3 Å². The maximum absolute atomic E-state index is 13.1. The molecule has 8 rings (SSSR count). The van der Waals surface area contributed by atoms with Crippen LogP contribution in [0.25, 0.3) is 41.6 Å². The van der Waals surface area contributed by atoms with Gasteiger partial charge in [0.2, 0.25) is 5.91 Å². The van der Waals surface area contributed by atoms with E-state index < -0.39 is 5.60 Å². The first-order valence-corrected chi connectivity index (χ1v) is 26.7. The second-order valence-electron chi connectivity index (χ2n) is 18.5. The molecular weight excluding hydrogens is 921 g/mol. The van der Waals surface area contributed by atoms with Gasteiger partial charge in [-0.2, -0.15) is 0 Å². The zero-order valence-electron chi connectivity index (χ0n) is 40.3. The normalized spacial score (nSPS) is 18.1. The number of methoxy groups -OCH3 is 2. The molecule has 12 nitrogen and oxygen atoms in total. The number of fused-ring (bicyclic) bond motifs is 4. The Labute approximate surface area is 411 Å². The van der Waals surface area contributed by atoms with Crippen LogP contribution in [0.1, 0.15) is 118 Å². The minimum Gasteiger partial charge on any atom is -0.444 e. The summed E-state index contributed by atoms with van der Waals surface area (Å²) in [5.41, 5.74) is 6.18. The van der Waals surface area contributed by atoms with Crippen LogP contribution in [0.4, 0.5) is 9.80 Å². The lowest BCUT2D eigenvalue weighted by Crippen LogP contribution is -2.46. The van der Waals surface area contributed by atoms with E-state index >= 15 is 0 Å². The molecule has 0 spiro atoms. The summed E-state index contributed by atoms with van der Waals surface area (Å²) in [7, 11) is 3.38. The molecule has 4 atom stereocenters. The van der Waals surface area contributed by atoms with Crippen molar-refractivity contribution in [2.45, 2.75) is 130 Å². The van der Waals surface area contributed by atoms with E-state index in [1.54, 1.807) is 36.9 Å². The molecule has 2 aromatic carbocycles. The summed E-state index contributed by atoms with van der Waals surface area (Å²) in [4.78, 5) is 54.2. The highest BCUT2D eigenvalue weighted by atomic mass is 32.1. The Kier molecular flexibility index (Phi) is 17.4. The van der Waals surface area contributed by atoms with Crippen molar-refractivity contribution in [3.8, 4) is 21.1 Å². The van der Waals surface area contributed by atoms with Crippen molar-refractivity contribution in [1.29, 1.82) is 0 Å². The van der Waals surface area contributed by atoms with E-state index in [0.717, 1.165) is 79.0 Å². The maximum Gasteiger partial charge on any atom is 0.411 e. The first-order chi connectivity index (χ1) is 32.1. The average molecular weight is 987 g/mol. The number of aromatic nitrogens is 2. The van der Waals surface area contributed by atoms with Gasteiger partial charge in [-0.1, -0.05) is 30.7 Å². The van der Waals surface area contributed by atoms with Crippen molar-refractivity contribution >= 4 is 88.6 Å². The molecule has 2 aliphatic rings. The van der Waals surface area contributed by atoms with Gasteiger partial charge in [0.05, 0.1) is 33.1 Å². The third-order valence-corrected chi connectivity index (χ3v) is 16.7. The molecule has 6 heterocycles. The number of nitrogens with one attached hydrogen (secondary N) is 3. The number of amides is 2. The van der Waals surface area contributed by atoms with E-state index in [2.05, 4.69) is 54.1 Å². The number of thiophene rings is 2. The van der Waals surface area contributed by atoms with E-state index in [-0.39, 0.29) is 24.1 Å². The second kappa shape index (κ2) is 23.0. The average Bonchev–Trinajstić information content (AvgIpc) is 4.06. The molecule has 67 heavy (non-hydrogen) atoms. The lowest BCUT2D eigenvalue weighted by Gasteiger charge is -2.39. The van der Waals surface area contributed by atoms with E-state index in [0.29, 0.717) is 63.2 Å². The number of ether oxygens (including phenoxy) is 3. The molecule has 0 fully saturated rings. The van der Waals surface area contributed by atoms with Crippen LogP contribution >= 0.6 is 45.3 Å². The van der Waals surface area contributed by atoms with Crippen molar-refractivity contribution in [3.63, 3.8) is 0 Å². The quantitative estimate of drug-likeness (QED) is 0.0756. The Hall–Kier alpha value is -4.13. The number of hydrogen-bond donors (Lipinski definition) is 3. The molecule has 0 saturated carbocycles. The van der Waals surface area contributed by atoms with Crippen molar-refractivity contribution in [1.82, 2.24) is 25.5 Å². The molecule has 4 aromatic heterocycles. The molecule has 0 aliphatic carbocycles. The number of rotatable bonds is 17. The Morgan fingerprint density at radius 2 is 1.40 bits per heavy atom. The molecule has 4 unspecified atom stereocenters. The molecule has 360 valence electrons. The van der Waals surface area contributed by atoms with Gasteiger partial charge in [-0.05, 0) is 110 Å². The van der Waals surface area contributed by atoms with Crippen LogP contribution in [0.5, 0.6) is 0 Å². The number of thiazole rings is 2. The summed E-state index contributed by atoms with van der Waals surface area (Å²) in [6, 6.07) is 16.9. The van der Waals surface area contributed by atoms with Gasteiger partial charge in [-0.3, -0.25) is 14.5 Å². The molecule has 0 bridgehead atoms. The van der Waals surface area contributed by atoms with Crippen LogP contribution in [0, 0.1) is 0 Å². The molecule has 2 amide bonds. The summed E-state index contributed by atoms with van der Waals surface area (Å²) >= 11 is 6.73. The van der Waals surface area contributed by atoms with E-state index in [1.165, 1.54) is 36.9 Å². The minimum absolute atomic E-state index is 0.0597. The van der Waals surface area contributed by atoms with Crippen molar-refractivity contribution in [2.75, 3.05) is 45.8 Å². The van der Waals surface area contributed by atoms with Gasteiger partial charge in [0.1, 0.15) is 26.4 Å². The Morgan fingerprint density at radius 1 is 0.761 bits per heavy atom. The van der Waals surface area contributed by atoms with Crippen LogP contribution in [-0.2, 0) is 43.1 Å². The number of unbranched alkanes of at least 4 members (excludes halogenated alkanes) is 2. The molecule has 3 N–H and O–H groups in total. The monoisotopic (exact) mass is 986 g/mol. The minimum atomic E-state index is -0.575. The third kappa shape index (κ3) is 12.6. The van der Waals surface area contributed by atoms with Gasteiger partial charge in [0.25, 0.3) is 0 Å². The van der Waals surface area contributed by atoms with Gasteiger partial charge in [-0.25, -0.2) is 14.8 Å². The van der Waals surface area contributed by atoms with Crippen LogP contribution in [0.2, 0.25) is 0 Å². The molecule has 0 radical (unpaired) electrons. The Balaban J connectivity index is 0.000000203. The van der Waals surface area contributed by atoms with Crippen LogP contribution in [0.15, 0.2) is 48.5 Å². The summed E-state index contributed by atoms with van der Waals surface area (Å²) in [5.74, 6) is 0.276. The van der Waals surface area contributed by atoms with Gasteiger partial charge < -0.3 is 30.2 Å². The van der Waals surface area contributed by atoms with E-state index in [9.17, 15) is 14.4 Å². The highest BCUT2D eigenvalue weighted by Crippen LogP contribution is 2.50. The maximum atomic E-state index is 13.1. The Bertz CT molecular complexity index is 2580. The third-order valence-electron chi connectivity index (χ3n) is 11.9. The largest absolute Gasteiger partial charge is 0.444 e. The number of carbonyl (C=O) groups excluding carboxylic acids is 3. The summed E-state index contributed by atoms with van der Waals surface area (Å²) in [6.45, 7) is 16.8. The smallest absolute Gasteiger partial charge is 0.411 e.